The van der Waals surface area contributed by atoms with Crippen LogP contribution in [0.4, 0.5) is 4.39 Å². The van der Waals surface area contributed by atoms with Gasteiger partial charge < -0.3 is 4.74 Å². The minimum Gasteiger partial charge on any atom is -0.370 e. The summed E-state index contributed by atoms with van der Waals surface area (Å²) < 4.78 is 19.8. The fourth-order valence-electron chi connectivity index (χ4n) is 1.85. The van der Waals surface area contributed by atoms with Crippen molar-refractivity contribution < 1.29 is 9.13 Å². The summed E-state index contributed by atoms with van der Waals surface area (Å²) in [5, 5.41) is 0. The number of benzene rings is 1. The molecular weight excluding hydrogens is 259 g/mol. The molecule has 2 rings (SSSR count). The quantitative estimate of drug-likeness (QED) is 0.761. The molecule has 0 aliphatic carbocycles. The van der Waals surface area contributed by atoms with E-state index in [4.69, 9.17) is 4.74 Å². The molecule has 0 N–H and O–H groups in total. The molecule has 0 saturated carbocycles. The first-order valence-corrected chi connectivity index (χ1v) is 5.97. The lowest BCUT2D eigenvalue weighted by atomic mass is 9.95. The number of epoxide rings is 1. The minimum atomic E-state index is -0.126. The molecule has 0 radical (unpaired) electrons. The monoisotopic (exact) mass is 272 g/mol. The van der Waals surface area contributed by atoms with Crippen molar-refractivity contribution in [1.82, 2.24) is 0 Å². The third-order valence-electron chi connectivity index (χ3n) is 2.91. The van der Waals surface area contributed by atoms with E-state index in [9.17, 15) is 4.39 Å². The number of rotatable bonds is 3. The topological polar surface area (TPSA) is 12.5 Å². The number of ether oxygens (including phenoxy) is 1. The zero-order valence-electron chi connectivity index (χ0n) is 8.84. The van der Waals surface area contributed by atoms with Crippen LogP contribution in [0.2, 0.25) is 0 Å². The smallest absolute Gasteiger partial charge is 0.126 e. The average molecular weight is 273 g/mol. The van der Waals surface area contributed by atoms with Gasteiger partial charge in [-0.05, 0) is 43.0 Å². The zero-order valence-corrected chi connectivity index (χ0v) is 10.4. The third kappa shape index (κ3) is 2.58. The molecule has 1 nitrogen and oxygen atoms in total. The van der Waals surface area contributed by atoms with Crippen LogP contribution in [0.3, 0.4) is 0 Å². The maximum Gasteiger partial charge on any atom is 0.126 e. The van der Waals surface area contributed by atoms with E-state index in [0.717, 1.165) is 16.5 Å². The molecule has 1 aliphatic rings. The van der Waals surface area contributed by atoms with E-state index in [2.05, 4.69) is 22.9 Å². The Bertz CT molecular complexity index is 367. The standard InChI is InChI=1S/C12H14BrFO/c1-7(5-12-8(2)15-12)10-6-9(13)3-4-11(10)14/h3-4,6-8,12H,5H2,1-2H3. The molecule has 1 aliphatic heterocycles. The molecular formula is C12H14BrFO. The molecule has 3 atom stereocenters. The van der Waals surface area contributed by atoms with Gasteiger partial charge in [0.2, 0.25) is 0 Å². The van der Waals surface area contributed by atoms with E-state index in [-0.39, 0.29) is 11.7 Å². The first-order valence-electron chi connectivity index (χ1n) is 5.18. The van der Waals surface area contributed by atoms with E-state index < -0.39 is 0 Å². The predicted molar refractivity (Wildman–Crippen MR) is 61.5 cm³/mol. The molecule has 0 amide bonds. The summed E-state index contributed by atoms with van der Waals surface area (Å²) in [4.78, 5) is 0. The highest BCUT2D eigenvalue weighted by atomic mass is 79.9. The second kappa shape index (κ2) is 4.22. The van der Waals surface area contributed by atoms with Gasteiger partial charge in [-0.25, -0.2) is 4.39 Å². The Morgan fingerprint density at radius 2 is 2.20 bits per heavy atom. The second-order valence-electron chi connectivity index (χ2n) is 4.18. The van der Waals surface area contributed by atoms with Crippen LogP contribution in [0.1, 0.15) is 31.7 Å². The van der Waals surface area contributed by atoms with Gasteiger partial charge in [0, 0.05) is 4.47 Å². The molecule has 0 bridgehead atoms. The van der Waals surface area contributed by atoms with Gasteiger partial charge in [0.1, 0.15) is 5.82 Å². The van der Waals surface area contributed by atoms with Gasteiger partial charge in [0.25, 0.3) is 0 Å². The summed E-state index contributed by atoms with van der Waals surface area (Å²) in [6, 6.07) is 5.09. The Kier molecular flexibility index (Phi) is 3.12. The summed E-state index contributed by atoms with van der Waals surface area (Å²) in [5.41, 5.74) is 0.770. The van der Waals surface area contributed by atoms with Gasteiger partial charge in [-0.1, -0.05) is 22.9 Å². The largest absolute Gasteiger partial charge is 0.370 e. The normalized spacial score (nSPS) is 26.4. The van der Waals surface area contributed by atoms with Crippen molar-refractivity contribution in [2.24, 2.45) is 0 Å². The van der Waals surface area contributed by atoms with E-state index in [1.165, 1.54) is 6.07 Å². The van der Waals surface area contributed by atoms with Gasteiger partial charge in [-0.3, -0.25) is 0 Å². The second-order valence-corrected chi connectivity index (χ2v) is 5.10. The lowest BCUT2D eigenvalue weighted by molar-refractivity contribution is 0.361. The molecule has 3 unspecified atom stereocenters. The Hall–Kier alpha value is -0.410. The molecule has 1 aromatic carbocycles. The summed E-state index contributed by atoms with van der Waals surface area (Å²) >= 11 is 3.36. The molecule has 1 aromatic rings. The molecule has 0 aromatic heterocycles. The van der Waals surface area contributed by atoms with Gasteiger partial charge in [-0.15, -0.1) is 0 Å². The van der Waals surface area contributed by atoms with Crippen LogP contribution in [0, 0.1) is 5.82 Å². The first kappa shape index (κ1) is 11.1. The van der Waals surface area contributed by atoms with Crippen molar-refractivity contribution in [2.75, 3.05) is 0 Å². The van der Waals surface area contributed by atoms with Crippen molar-refractivity contribution in [3.63, 3.8) is 0 Å². The molecule has 0 spiro atoms. The highest BCUT2D eigenvalue weighted by Crippen LogP contribution is 2.33. The summed E-state index contributed by atoms with van der Waals surface area (Å²) in [6.45, 7) is 4.09. The summed E-state index contributed by atoms with van der Waals surface area (Å²) in [5.74, 6) is 0.0800. The van der Waals surface area contributed by atoms with Crippen molar-refractivity contribution in [3.8, 4) is 0 Å². The number of hydrogen-bond donors (Lipinski definition) is 0. The molecule has 1 saturated heterocycles. The van der Waals surface area contributed by atoms with E-state index >= 15 is 0 Å². The van der Waals surface area contributed by atoms with Crippen molar-refractivity contribution in [3.05, 3.63) is 34.1 Å². The highest BCUT2D eigenvalue weighted by Gasteiger charge is 2.35. The zero-order chi connectivity index (χ0) is 11.0. The van der Waals surface area contributed by atoms with Gasteiger partial charge in [0.05, 0.1) is 12.2 Å². The van der Waals surface area contributed by atoms with Crippen LogP contribution >= 0.6 is 15.9 Å². The fourth-order valence-corrected chi connectivity index (χ4v) is 2.22. The Labute approximate surface area is 97.8 Å². The van der Waals surface area contributed by atoms with E-state index in [1.54, 1.807) is 6.07 Å². The van der Waals surface area contributed by atoms with Crippen LogP contribution in [0.15, 0.2) is 22.7 Å². The van der Waals surface area contributed by atoms with Crippen molar-refractivity contribution >= 4 is 15.9 Å². The van der Waals surface area contributed by atoms with Gasteiger partial charge in [-0.2, -0.15) is 0 Å². The fraction of sp³-hybridized carbons (Fsp3) is 0.500. The first-order chi connectivity index (χ1) is 7.08. The van der Waals surface area contributed by atoms with Crippen molar-refractivity contribution in [2.45, 2.75) is 38.4 Å². The van der Waals surface area contributed by atoms with Crippen LogP contribution in [0.5, 0.6) is 0 Å². The Morgan fingerprint density at radius 3 is 2.80 bits per heavy atom. The van der Waals surface area contributed by atoms with E-state index in [0.29, 0.717) is 12.2 Å². The Balaban J connectivity index is 2.10. The molecule has 3 heteroatoms. The molecule has 15 heavy (non-hydrogen) atoms. The maximum absolute atomic E-state index is 13.5. The lowest BCUT2D eigenvalue weighted by Gasteiger charge is -2.11. The van der Waals surface area contributed by atoms with Crippen LogP contribution in [-0.4, -0.2) is 12.2 Å². The lowest BCUT2D eigenvalue weighted by Crippen LogP contribution is -2.02. The molecule has 1 fully saturated rings. The average Bonchev–Trinajstić information content (AvgIpc) is 2.86. The highest BCUT2D eigenvalue weighted by molar-refractivity contribution is 9.10. The Morgan fingerprint density at radius 1 is 1.53 bits per heavy atom. The van der Waals surface area contributed by atoms with E-state index in [1.807, 2.05) is 13.0 Å². The number of hydrogen-bond acceptors (Lipinski definition) is 1. The molecule has 1 heterocycles. The van der Waals surface area contributed by atoms with Crippen LogP contribution in [0.25, 0.3) is 0 Å². The number of halogens is 2. The van der Waals surface area contributed by atoms with Crippen LogP contribution in [-0.2, 0) is 4.74 Å². The summed E-state index contributed by atoms with van der Waals surface area (Å²) in [6.07, 6.45) is 1.56. The maximum atomic E-state index is 13.5. The summed E-state index contributed by atoms with van der Waals surface area (Å²) in [7, 11) is 0. The van der Waals surface area contributed by atoms with Gasteiger partial charge >= 0.3 is 0 Å². The third-order valence-corrected chi connectivity index (χ3v) is 3.40. The van der Waals surface area contributed by atoms with Crippen molar-refractivity contribution in [1.29, 1.82) is 0 Å². The molecule has 82 valence electrons. The van der Waals surface area contributed by atoms with Crippen LogP contribution < -0.4 is 0 Å². The predicted octanol–water partition coefficient (Wildman–Crippen LogP) is 3.87. The SMILES string of the molecule is CC(CC1OC1C)c1cc(Br)ccc1F. The van der Waals surface area contributed by atoms with Gasteiger partial charge in [0.15, 0.2) is 0 Å². The minimum absolute atomic E-state index is 0.126.